The molecule has 0 aromatic heterocycles. The number of hydrogen-bond donors (Lipinski definition) is 3. The van der Waals surface area contributed by atoms with E-state index in [9.17, 15) is 28.5 Å². The molecule has 0 aliphatic heterocycles. The lowest BCUT2D eigenvalue weighted by atomic mass is 10.1. The molecule has 0 atom stereocenters. The summed E-state index contributed by atoms with van der Waals surface area (Å²) in [4.78, 5) is 31.5. The molecule has 28 heavy (non-hydrogen) atoms. The van der Waals surface area contributed by atoms with E-state index >= 15 is 0 Å². The molecule has 0 aliphatic carbocycles. The number of esters is 2. The number of nitrogens with two attached hydrogens (primary N) is 1. The molecule has 2 aromatic carbocycles. The van der Waals surface area contributed by atoms with Gasteiger partial charge < -0.3 is 25.4 Å². The maximum Gasteiger partial charge on any atom is 0.345 e. The molecule has 0 aliphatic rings. The van der Waals surface area contributed by atoms with Crippen LogP contribution in [0.15, 0.2) is 24.3 Å². The molecular formula is C16H14F2N2O8. The Morgan fingerprint density at radius 2 is 1.39 bits per heavy atom. The van der Waals surface area contributed by atoms with Crippen LogP contribution in [0.25, 0.3) is 0 Å². The van der Waals surface area contributed by atoms with Crippen molar-refractivity contribution >= 4 is 23.3 Å². The highest BCUT2D eigenvalue weighted by Gasteiger charge is 2.24. The van der Waals surface area contributed by atoms with E-state index in [2.05, 4.69) is 9.47 Å². The largest absolute Gasteiger partial charge is 0.505 e. The summed E-state index contributed by atoms with van der Waals surface area (Å²) in [5.41, 5.74) is 3.94. The minimum Gasteiger partial charge on any atom is -0.505 e. The smallest absolute Gasteiger partial charge is 0.345 e. The molecular weight excluding hydrogens is 386 g/mol. The molecule has 2 rings (SSSR count). The predicted octanol–water partition coefficient (Wildman–Crippen LogP) is 2.13. The molecule has 150 valence electrons. The molecule has 0 unspecified atom stereocenters. The highest BCUT2D eigenvalue weighted by molar-refractivity contribution is 5.95. The molecule has 0 spiro atoms. The molecule has 0 saturated heterocycles. The first-order chi connectivity index (χ1) is 13.0. The fourth-order valence-electron chi connectivity index (χ4n) is 1.84. The van der Waals surface area contributed by atoms with Crippen LogP contribution in [0.5, 0.6) is 11.5 Å². The second-order valence-electron chi connectivity index (χ2n) is 4.95. The van der Waals surface area contributed by atoms with Gasteiger partial charge in [-0.05, 0) is 6.07 Å². The highest BCUT2D eigenvalue weighted by atomic mass is 19.1. The minimum atomic E-state index is -1.17. The zero-order valence-corrected chi connectivity index (χ0v) is 14.4. The predicted molar refractivity (Wildman–Crippen MR) is 89.9 cm³/mol. The first-order valence-electron chi connectivity index (χ1n) is 7.15. The molecule has 0 bridgehead atoms. The number of carbonyl (C=O) groups excluding carboxylic acids is 2. The third kappa shape index (κ3) is 5.03. The number of anilines is 1. The van der Waals surface area contributed by atoms with Gasteiger partial charge in [0.05, 0.1) is 30.8 Å². The number of hydrogen-bond acceptors (Lipinski definition) is 9. The molecule has 0 radical (unpaired) electrons. The van der Waals surface area contributed by atoms with E-state index in [1.165, 1.54) is 7.11 Å². The zero-order valence-electron chi connectivity index (χ0n) is 14.4. The zero-order chi connectivity index (χ0) is 21.6. The Kier molecular flexibility index (Phi) is 7.19. The number of methoxy groups -OCH3 is 2. The Balaban J connectivity index is 0.000000283. The lowest BCUT2D eigenvalue weighted by Gasteiger charge is -2.04. The molecule has 0 heterocycles. The molecule has 12 heteroatoms. The highest BCUT2D eigenvalue weighted by Crippen LogP contribution is 2.27. The first-order valence-corrected chi connectivity index (χ1v) is 7.15. The summed E-state index contributed by atoms with van der Waals surface area (Å²) in [6.45, 7) is 0. The minimum absolute atomic E-state index is 0.0543. The van der Waals surface area contributed by atoms with Crippen molar-refractivity contribution < 1.29 is 43.0 Å². The topological polar surface area (TPSA) is 162 Å². The van der Waals surface area contributed by atoms with Crippen LogP contribution in [0, 0.1) is 21.7 Å². The van der Waals surface area contributed by atoms with Crippen LogP contribution in [-0.2, 0) is 9.47 Å². The van der Waals surface area contributed by atoms with Gasteiger partial charge in [-0.3, -0.25) is 10.1 Å². The third-order valence-corrected chi connectivity index (χ3v) is 3.19. The maximum absolute atomic E-state index is 12.8. The lowest BCUT2D eigenvalue weighted by Crippen LogP contribution is -2.06. The standard InChI is InChI=1S/C8H6FNO5.C8H8FNO3/c1-15-8(12)4-2-7(11)5(9)3-6(4)10(13)14;1-13-8(12)4-2-7(11)5(9)3-6(4)10/h2-3,11H,1H3;2-3,11H,10H2,1H3. The number of phenols is 2. The fourth-order valence-corrected chi connectivity index (χ4v) is 1.84. The van der Waals surface area contributed by atoms with Crippen molar-refractivity contribution in [1.29, 1.82) is 0 Å². The first kappa shape index (κ1) is 22.1. The fraction of sp³-hybridized carbons (Fsp3) is 0.125. The number of nitro groups is 1. The average Bonchev–Trinajstić information content (AvgIpc) is 2.65. The number of nitrogen functional groups attached to an aromatic ring is 1. The van der Waals surface area contributed by atoms with Gasteiger partial charge in [0.2, 0.25) is 0 Å². The van der Waals surface area contributed by atoms with Gasteiger partial charge in [-0.25, -0.2) is 18.4 Å². The van der Waals surface area contributed by atoms with Gasteiger partial charge in [0.25, 0.3) is 5.69 Å². The Morgan fingerprint density at radius 1 is 0.964 bits per heavy atom. The number of nitrogens with zero attached hydrogens (tertiary/aromatic N) is 1. The summed E-state index contributed by atoms with van der Waals surface area (Å²) in [6.07, 6.45) is 0. The number of phenolic OH excluding ortho intramolecular Hbond substituents is 2. The second-order valence-corrected chi connectivity index (χ2v) is 4.95. The molecule has 4 N–H and O–H groups in total. The van der Waals surface area contributed by atoms with E-state index in [0.717, 1.165) is 19.2 Å². The SMILES string of the molecule is COC(=O)c1cc(O)c(F)cc1N.COC(=O)c1cc(O)c(F)cc1[N+](=O)[O-]. The Hall–Kier alpha value is -3.96. The number of ether oxygens (including phenoxy) is 2. The van der Waals surface area contributed by atoms with Crippen molar-refractivity contribution in [2.45, 2.75) is 0 Å². The van der Waals surface area contributed by atoms with E-state index < -0.39 is 51.2 Å². The van der Waals surface area contributed by atoms with Crippen LogP contribution in [0.3, 0.4) is 0 Å². The van der Waals surface area contributed by atoms with Gasteiger partial charge >= 0.3 is 11.9 Å². The normalized spacial score (nSPS) is 9.71. The maximum atomic E-state index is 12.8. The van der Waals surface area contributed by atoms with Gasteiger partial charge in [0.15, 0.2) is 23.1 Å². The van der Waals surface area contributed by atoms with Crippen LogP contribution < -0.4 is 5.73 Å². The van der Waals surface area contributed by atoms with E-state index in [1.54, 1.807) is 0 Å². The summed E-state index contributed by atoms with van der Waals surface area (Å²) >= 11 is 0. The van der Waals surface area contributed by atoms with Crippen molar-refractivity contribution in [3.63, 3.8) is 0 Å². The molecule has 0 amide bonds. The average molecular weight is 400 g/mol. The summed E-state index contributed by atoms with van der Waals surface area (Å²) in [5, 5.41) is 28.3. The Labute approximate surface area is 155 Å². The number of nitro benzene ring substituents is 1. The molecule has 10 nitrogen and oxygen atoms in total. The monoisotopic (exact) mass is 400 g/mol. The summed E-state index contributed by atoms with van der Waals surface area (Å²) in [7, 11) is 2.19. The summed E-state index contributed by atoms with van der Waals surface area (Å²) in [5.74, 6) is -5.25. The van der Waals surface area contributed by atoms with E-state index in [1.807, 2.05) is 0 Å². The number of aromatic hydroxyl groups is 2. The molecule has 0 fully saturated rings. The van der Waals surface area contributed by atoms with Crippen LogP contribution in [0.4, 0.5) is 20.2 Å². The van der Waals surface area contributed by atoms with Gasteiger partial charge in [-0.2, -0.15) is 0 Å². The Bertz CT molecular complexity index is 933. The second kappa shape index (κ2) is 9.12. The van der Waals surface area contributed by atoms with Gasteiger partial charge in [0, 0.05) is 17.8 Å². The van der Waals surface area contributed by atoms with Crippen LogP contribution in [-0.4, -0.2) is 41.3 Å². The van der Waals surface area contributed by atoms with E-state index in [0.29, 0.717) is 12.1 Å². The summed E-state index contributed by atoms with van der Waals surface area (Å²) < 4.78 is 34.0. The third-order valence-electron chi connectivity index (χ3n) is 3.19. The number of benzene rings is 2. The Morgan fingerprint density at radius 3 is 1.86 bits per heavy atom. The van der Waals surface area contributed by atoms with Crippen molar-refractivity contribution in [1.82, 2.24) is 0 Å². The van der Waals surface area contributed by atoms with Crippen LogP contribution >= 0.6 is 0 Å². The van der Waals surface area contributed by atoms with E-state index in [-0.39, 0.29) is 11.3 Å². The molecule has 0 saturated carbocycles. The number of rotatable bonds is 3. The van der Waals surface area contributed by atoms with Crippen molar-refractivity contribution in [2.75, 3.05) is 20.0 Å². The van der Waals surface area contributed by atoms with Crippen molar-refractivity contribution in [2.24, 2.45) is 0 Å². The lowest BCUT2D eigenvalue weighted by molar-refractivity contribution is -0.385. The van der Waals surface area contributed by atoms with Crippen molar-refractivity contribution in [3.8, 4) is 11.5 Å². The summed E-state index contributed by atoms with van der Waals surface area (Å²) in [6, 6.07) is 2.90. The van der Waals surface area contributed by atoms with Crippen LogP contribution in [0.1, 0.15) is 20.7 Å². The number of halogens is 2. The van der Waals surface area contributed by atoms with Gasteiger partial charge in [0.1, 0.15) is 5.56 Å². The number of carbonyl (C=O) groups is 2. The van der Waals surface area contributed by atoms with E-state index in [4.69, 9.17) is 15.9 Å². The van der Waals surface area contributed by atoms with Crippen LogP contribution in [0.2, 0.25) is 0 Å². The van der Waals surface area contributed by atoms with Gasteiger partial charge in [-0.15, -0.1) is 0 Å². The van der Waals surface area contributed by atoms with Crippen molar-refractivity contribution in [3.05, 3.63) is 57.1 Å². The van der Waals surface area contributed by atoms with Gasteiger partial charge in [-0.1, -0.05) is 0 Å². The quantitative estimate of drug-likeness (QED) is 0.230. The molecule has 2 aromatic rings.